The van der Waals surface area contributed by atoms with Crippen LogP contribution in [0.3, 0.4) is 0 Å². The molecule has 0 unspecified atom stereocenters. The lowest BCUT2D eigenvalue weighted by Gasteiger charge is -2.08. The fourth-order valence-electron chi connectivity index (χ4n) is 1.17. The SMILES string of the molecule is CCC#CCOc1cc(C=O)ccc1OC. The lowest BCUT2D eigenvalue weighted by molar-refractivity contribution is 0.112. The molecule has 0 spiro atoms. The van der Waals surface area contributed by atoms with E-state index in [0.29, 0.717) is 23.7 Å². The van der Waals surface area contributed by atoms with Crippen molar-refractivity contribution < 1.29 is 14.3 Å². The second-order valence-corrected chi connectivity index (χ2v) is 3.02. The second kappa shape index (κ2) is 6.52. The predicted octanol–water partition coefficient (Wildman–Crippen LogP) is 2.30. The van der Waals surface area contributed by atoms with Crippen LogP contribution in [-0.4, -0.2) is 20.0 Å². The molecule has 0 amide bonds. The summed E-state index contributed by atoms with van der Waals surface area (Å²) >= 11 is 0. The molecule has 0 saturated heterocycles. The zero-order chi connectivity index (χ0) is 11.8. The average Bonchev–Trinajstić information content (AvgIpc) is 2.34. The molecule has 16 heavy (non-hydrogen) atoms. The van der Waals surface area contributed by atoms with Crippen LogP contribution in [0.15, 0.2) is 18.2 Å². The molecule has 0 N–H and O–H groups in total. The minimum Gasteiger partial charge on any atom is -0.493 e. The van der Waals surface area contributed by atoms with Crippen LogP contribution in [0.25, 0.3) is 0 Å². The van der Waals surface area contributed by atoms with E-state index in [1.165, 1.54) is 0 Å². The van der Waals surface area contributed by atoms with Gasteiger partial charge in [0, 0.05) is 12.0 Å². The highest BCUT2D eigenvalue weighted by Gasteiger charge is 2.04. The lowest BCUT2D eigenvalue weighted by atomic mass is 10.2. The van der Waals surface area contributed by atoms with Crippen LogP contribution >= 0.6 is 0 Å². The Labute approximate surface area is 95.4 Å². The Bertz CT molecular complexity index is 413. The smallest absolute Gasteiger partial charge is 0.163 e. The molecule has 3 nitrogen and oxygen atoms in total. The maximum Gasteiger partial charge on any atom is 0.163 e. The third-order valence-corrected chi connectivity index (χ3v) is 1.93. The van der Waals surface area contributed by atoms with Gasteiger partial charge in [-0.25, -0.2) is 0 Å². The summed E-state index contributed by atoms with van der Waals surface area (Å²) < 4.78 is 10.5. The summed E-state index contributed by atoms with van der Waals surface area (Å²) in [7, 11) is 1.56. The Kier molecular flexibility index (Phi) is 4.94. The molecule has 3 heteroatoms. The van der Waals surface area contributed by atoms with E-state index in [0.717, 1.165) is 12.7 Å². The summed E-state index contributed by atoms with van der Waals surface area (Å²) in [6, 6.07) is 5.02. The van der Waals surface area contributed by atoms with Crippen LogP contribution in [0.1, 0.15) is 23.7 Å². The van der Waals surface area contributed by atoms with Gasteiger partial charge >= 0.3 is 0 Å². The van der Waals surface area contributed by atoms with E-state index in [2.05, 4.69) is 11.8 Å². The Balaban J connectivity index is 2.78. The Hall–Kier alpha value is -1.95. The first-order chi connectivity index (χ1) is 7.81. The monoisotopic (exact) mass is 218 g/mol. The molecule has 1 aromatic carbocycles. The molecule has 0 aliphatic rings. The van der Waals surface area contributed by atoms with E-state index in [9.17, 15) is 4.79 Å². The highest BCUT2D eigenvalue weighted by Crippen LogP contribution is 2.27. The summed E-state index contributed by atoms with van der Waals surface area (Å²) in [6.45, 7) is 2.27. The molecule has 84 valence electrons. The van der Waals surface area contributed by atoms with Gasteiger partial charge in [-0.15, -0.1) is 5.92 Å². The van der Waals surface area contributed by atoms with E-state index >= 15 is 0 Å². The van der Waals surface area contributed by atoms with Gasteiger partial charge in [0.25, 0.3) is 0 Å². The van der Waals surface area contributed by atoms with Crippen molar-refractivity contribution in [3.63, 3.8) is 0 Å². The van der Waals surface area contributed by atoms with Crippen LogP contribution < -0.4 is 9.47 Å². The second-order valence-electron chi connectivity index (χ2n) is 3.02. The Morgan fingerprint density at radius 2 is 2.12 bits per heavy atom. The van der Waals surface area contributed by atoms with Crippen molar-refractivity contribution >= 4 is 6.29 Å². The molecule has 1 aromatic rings. The van der Waals surface area contributed by atoms with Crippen molar-refractivity contribution in [2.75, 3.05) is 13.7 Å². The van der Waals surface area contributed by atoms with Crippen molar-refractivity contribution in [1.82, 2.24) is 0 Å². The van der Waals surface area contributed by atoms with Gasteiger partial charge in [-0.2, -0.15) is 0 Å². The first-order valence-electron chi connectivity index (χ1n) is 5.03. The zero-order valence-electron chi connectivity index (χ0n) is 9.45. The number of carbonyl (C=O) groups excluding carboxylic acids is 1. The Morgan fingerprint density at radius 3 is 2.75 bits per heavy atom. The third-order valence-electron chi connectivity index (χ3n) is 1.93. The molecule has 0 aliphatic carbocycles. The predicted molar refractivity (Wildman–Crippen MR) is 61.9 cm³/mol. The number of hydrogen-bond donors (Lipinski definition) is 0. The van der Waals surface area contributed by atoms with Gasteiger partial charge in [-0.3, -0.25) is 4.79 Å². The molecule has 0 bridgehead atoms. The maximum absolute atomic E-state index is 10.6. The van der Waals surface area contributed by atoms with Gasteiger partial charge in [0.15, 0.2) is 11.5 Å². The van der Waals surface area contributed by atoms with Crippen molar-refractivity contribution in [3.05, 3.63) is 23.8 Å². The van der Waals surface area contributed by atoms with Gasteiger partial charge < -0.3 is 9.47 Å². The molecule has 0 atom stereocenters. The summed E-state index contributed by atoms with van der Waals surface area (Å²) in [5.74, 6) is 6.90. The van der Waals surface area contributed by atoms with Gasteiger partial charge in [0.05, 0.1) is 7.11 Å². The van der Waals surface area contributed by atoms with Crippen LogP contribution in [0.4, 0.5) is 0 Å². The quantitative estimate of drug-likeness (QED) is 0.574. The largest absolute Gasteiger partial charge is 0.493 e. The standard InChI is InChI=1S/C13H14O3/c1-3-4-5-8-16-13-9-11(10-14)6-7-12(13)15-2/h6-7,9-10H,3,8H2,1-2H3. The van der Waals surface area contributed by atoms with Crippen molar-refractivity contribution in [1.29, 1.82) is 0 Å². The van der Waals surface area contributed by atoms with E-state index in [1.807, 2.05) is 6.92 Å². The number of hydrogen-bond acceptors (Lipinski definition) is 3. The number of ether oxygens (including phenoxy) is 2. The molecule has 1 rings (SSSR count). The van der Waals surface area contributed by atoms with Gasteiger partial charge in [-0.05, 0) is 18.2 Å². The lowest BCUT2D eigenvalue weighted by Crippen LogP contribution is -1.97. The average molecular weight is 218 g/mol. The molecule has 0 radical (unpaired) electrons. The first-order valence-corrected chi connectivity index (χ1v) is 5.03. The summed E-state index contributed by atoms with van der Waals surface area (Å²) in [6.07, 6.45) is 1.57. The van der Waals surface area contributed by atoms with Crippen molar-refractivity contribution in [2.24, 2.45) is 0 Å². The van der Waals surface area contributed by atoms with E-state index in [4.69, 9.17) is 9.47 Å². The van der Waals surface area contributed by atoms with E-state index in [1.54, 1.807) is 25.3 Å². The molecule has 0 saturated carbocycles. The summed E-state index contributed by atoms with van der Waals surface area (Å²) in [5.41, 5.74) is 0.555. The van der Waals surface area contributed by atoms with E-state index in [-0.39, 0.29) is 0 Å². The van der Waals surface area contributed by atoms with E-state index < -0.39 is 0 Å². The highest BCUT2D eigenvalue weighted by molar-refractivity contribution is 5.76. The van der Waals surface area contributed by atoms with Gasteiger partial charge in [-0.1, -0.05) is 12.8 Å². The third kappa shape index (κ3) is 3.32. The van der Waals surface area contributed by atoms with Gasteiger partial charge in [0.2, 0.25) is 0 Å². The molecule has 0 aliphatic heterocycles. The van der Waals surface area contributed by atoms with Crippen LogP contribution in [0.5, 0.6) is 11.5 Å². The van der Waals surface area contributed by atoms with Crippen LogP contribution in [-0.2, 0) is 0 Å². The molecular formula is C13H14O3. The fraction of sp³-hybridized carbons (Fsp3) is 0.308. The molecule has 0 fully saturated rings. The first kappa shape index (κ1) is 12.1. The molecular weight excluding hydrogens is 204 g/mol. The number of rotatable bonds is 4. The number of methoxy groups -OCH3 is 1. The molecule has 0 aromatic heterocycles. The zero-order valence-corrected chi connectivity index (χ0v) is 9.45. The Morgan fingerprint density at radius 1 is 1.31 bits per heavy atom. The topological polar surface area (TPSA) is 35.5 Å². The summed E-state index contributed by atoms with van der Waals surface area (Å²) in [5, 5.41) is 0. The maximum atomic E-state index is 10.6. The molecule has 0 heterocycles. The number of benzene rings is 1. The van der Waals surface area contributed by atoms with Crippen molar-refractivity contribution in [2.45, 2.75) is 13.3 Å². The van der Waals surface area contributed by atoms with Crippen LogP contribution in [0.2, 0.25) is 0 Å². The number of aldehydes is 1. The summed E-state index contributed by atoms with van der Waals surface area (Å²) in [4.78, 5) is 10.6. The minimum atomic E-state index is 0.298. The normalized spacial score (nSPS) is 8.88. The minimum absolute atomic E-state index is 0.298. The fourth-order valence-corrected chi connectivity index (χ4v) is 1.17. The van der Waals surface area contributed by atoms with Gasteiger partial charge in [0.1, 0.15) is 12.9 Å². The number of carbonyl (C=O) groups is 1. The van der Waals surface area contributed by atoms with Crippen molar-refractivity contribution in [3.8, 4) is 23.3 Å². The van der Waals surface area contributed by atoms with Crippen LogP contribution in [0, 0.1) is 11.8 Å². The highest BCUT2D eigenvalue weighted by atomic mass is 16.5.